The molecule has 2 aromatic rings. The molecular formula is C24H31N. The number of benzene rings is 2. The van der Waals surface area contributed by atoms with Crippen LogP contribution in [0.5, 0.6) is 0 Å². The number of fused-ring (bicyclic) bond motifs is 1. The number of rotatable bonds is 3. The molecule has 0 aliphatic heterocycles. The average Bonchev–Trinajstić information content (AvgIpc) is 2.68. The number of nitrogens with two attached hydrogens (primary N) is 1. The molecule has 1 saturated carbocycles. The third-order valence-electron chi connectivity index (χ3n) is 6.84. The fourth-order valence-electron chi connectivity index (χ4n) is 5.26. The third-order valence-corrected chi connectivity index (χ3v) is 6.84. The number of hydrogen-bond donors (Lipinski definition) is 1. The van der Waals surface area contributed by atoms with Gasteiger partial charge in [-0.05, 0) is 86.5 Å². The van der Waals surface area contributed by atoms with Crippen LogP contribution in [-0.4, -0.2) is 6.54 Å². The molecule has 2 aromatic carbocycles. The Balaban J connectivity index is 1.57. The molecule has 1 heteroatoms. The van der Waals surface area contributed by atoms with Crippen molar-refractivity contribution >= 4 is 0 Å². The fraction of sp³-hybridized carbons (Fsp3) is 0.500. The van der Waals surface area contributed by atoms with Gasteiger partial charge in [-0.1, -0.05) is 48.0 Å². The molecule has 1 fully saturated rings. The van der Waals surface area contributed by atoms with Gasteiger partial charge in [0.25, 0.3) is 0 Å². The van der Waals surface area contributed by atoms with Crippen molar-refractivity contribution in [1.82, 2.24) is 0 Å². The van der Waals surface area contributed by atoms with Gasteiger partial charge >= 0.3 is 0 Å². The molecule has 0 atom stereocenters. The second-order valence-corrected chi connectivity index (χ2v) is 8.32. The molecule has 0 unspecified atom stereocenters. The van der Waals surface area contributed by atoms with Crippen LogP contribution in [0.3, 0.4) is 0 Å². The molecule has 132 valence electrons. The highest BCUT2D eigenvalue weighted by atomic mass is 14.6. The van der Waals surface area contributed by atoms with E-state index >= 15 is 0 Å². The van der Waals surface area contributed by atoms with Gasteiger partial charge in [-0.15, -0.1) is 0 Å². The van der Waals surface area contributed by atoms with Gasteiger partial charge in [-0.25, -0.2) is 0 Å². The summed E-state index contributed by atoms with van der Waals surface area (Å²) < 4.78 is 0. The first-order chi connectivity index (χ1) is 12.2. The van der Waals surface area contributed by atoms with E-state index in [1.165, 1.54) is 62.5 Å². The summed E-state index contributed by atoms with van der Waals surface area (Å²) in [6.45, 7) is 2.96. The zero-order valence-electron chi connectivity index (χ0n) is 15.6. The standard InChI is InChI=1S/C24H31N/c1-18-6-4-9-21(16-18)24(17-25)14-12-20(13-15-24)23-11-5-8-19-7-2-3-10-22(19)23/h4-6,8-9,11,16,20H,2-3,7,10,12-15,17,25H2,1H3. The molecule has 0 saturated heterocycles. The van der Waals surface area contributed by atoms with Gasteiger partial charge in [0.2, 0.25) is 0 Å². The van der Waals surface area contributed by atoms with Crippen LogP contribution < -0.4 is 5.73 Å². The zero-order valence-corrected chi connectivity index (χ0v) is 15.6. The Kier molecular flexibility index (Phi) is 4.69. The first-order valence-corrected chi connectivity index (χ1v) is 10.1. The minimum Gasteiger partial charge on any atom is -0.330 e. The molecule has 2 aliphatic rings. The Hall–Kier alpha value is -1.60. The summed E-state index contributed by atoms with van der Waals surface area (Å²) in [6, 6.07) is 16.1. The van der Waals surface area contributed by atoms with Crippen LogP contribution in [0, 0.1) is 6.92 Å². The maximum absolute atomic E-state index is 6.32. The van der Waals surface area contributed by atoms with E-state index in [1.54, 1.807) is 16.7 Å². The Labute approximate surface area is 152 Å². The molecular weight excluding hydrogens is 302 g/mol. The van der Waals surface area contributed by atoms with Crippen LogP contribution in [0.2, 0.25) is 0 Å². The van der Waals surface area contributed by atoms with Crippen LogP contribution in [0.15, 0.2) is 42.5 Å². The van der Waals surface area contributed by atoms with Crippen molar-refractivity contribution in [2.75, 3.05) is 6.54 Å². The third kappa shape index (κ3) is 3.15. The van der Waals surface area contributed by atoms with E-state index in [0.717, 1.165) is 12.5 Å². The largest absolute Gasteiger partial charge is 0.330 e. The first-order valence-electron chi connectivity index (χ1n) is 10.1. The number of hydrogen-bond acceptors (Lipinski definition) is 1. The Morgan fingerprint density at radius 1 is 1.00 bits per heavy atom. The van der Waals surface area contributed by atoms with Gasteiger partial charge in [0.15, 0.2) is 0 Å². The predicted molar refractivity (Wildman–Crippen MR) is 106 cm³/mol. The summed E-state index contributed by atoms with van der Waals surface area (Å²) in [5.41, 5.74) is 14.3. The van der Waals surface area contributed by atoms with Crippen molar-refractivity contribution in [1.29, 1.82) is 0 Å². The Bertz CT molecular complexity index is 738. The van der Waals surface area contributed by atoms with E-state index in [2.05, 4.69) is 49.4 Å². The highest BCUT2D eigenvalue weighted by molar-refractivity contribution is 5.40. The molecule has 0 bridgehead atoms. The minimum atomic E-state index is 0.192. The van der Waals surface area contributed by atoms with Gasteiger partial charge in [-0.2, -0.15) is 0 Å². The van der Waals surface area contributed by atoms with Crippen LogP contribution in [0.1, 0.15) is 72.3 Å². The minimum absolute atomic E-state index is 0.192. The van der Waals surface area contributed by atoms with Gasteiger partial charge < -0.3 is 5.73 Å². The smallest absolute Gasteiger partial charge is 0.00761 e. The summed E-state index contributed by atoms with van der Waals surface area (Å²) in [5.74, 6) is 0.734. The highest BCUT2D eigenvalue weighted by Gasteiger charge is 2.36. The lowest BCUT2D eigenvalue weighted by atomic mass is 9.64. The molecule has 4 rings (SSSR count). The average molecular weight is 334 g/mol. The summed E-state index contributed by atoms with van der Waals surface area (Å²) in [6.07, 6.45) is 10.3. The van der Waals surface area contributed by atoms with Crippen molar-refractivity contribution in [3.8, 4) is 0 Å². The second-order valence-electron chi connectivity index (χ2n) is 8.32. The molecule has 2 aliphatic carbocycles. The fourth-order valence-corrected chi connectivity index (χ4v) is 5.26. The lowest BCUT2D eigenvalue weighted by Crippen LogP contribution is -2.38. The summed E-state index contributed by atoms with van der Waals surface area (Å²) in [4.78, 5) is 0. The lowest BCUT2D eigenvalue weighted by molar-refractivity contribution is 0.275. The van der Waals surface area contributed by atoms with Gasteiger partial charge in [0.1, 0.15) is 0 Å². The molecule has 0 aromatic heterocycles. The van der Waals surface area contributed by atoms with E-state index in [4.69, 9.17) is 5.73 Å². The van der Waals surface area contributed by atoms with Crippen molar-refractivity contribution in [2.24, 2.45) is 5.73 Å². The van der Waals surface area contributed by atoms with Gasteiger partial charge in [-0.3, -0.25) is 0 Å². The van der Waals surface area contributed by atoms with Crippen molar-refractivity contribution in [2.45, 2.75) is 69.6 Å². The van der Waals surface area contributed by atoms with Gasteiger partial charge in [0, 0.05) is 12.0 Å². The molecule has 0 radical (unpaired) electrons. The predicted octanol–water partition coefficient (Wildman–Crippen LogP) is 5.43. The monoisotopic (exact) mass is 333 g/mol. The number of aryl methyl sites for hydroxylation is 2. The maximum atomic E-state index is 6.32. The lowest BCUT2D eigenvalue weighted by Gasteiger charge is -2.41. The summed E-state index contributed by atoms with van der Waals surface area (Å²) >= 11 is 0. The summed E-state index contributed by atoms with van der Waals surface area (Å²) in [7, 11) is 0. The van der Waals surface area contributed by atoms with Crippen LogP contribution >= 0.6 is 0 Å². The van der Waals surface area contributed by atoms with E-state index < -0.39 is 0 Å². The van der Waals surface area contributed by atoms with E-state index in [-0.39, 0.29) is 5.41 Å². The highest BCUT2D eigenvalue weighted by Crippen LogP contribution is 2.46. The van der Waals surface area contributed by atoms with E-state index in [9.17, 15) is 0 Å². The molecule has 0 heterocycles. The maximum Gasteiger partial charge on any atom is 0.00761 e. The second kappa shape index (κ2) is 6.96. The van der Waals surface area contributed by atoms with E-state index in [1.807, 2.05) is 0 Å². The topological polar surface area (TPSA) is 26.0 Å². The van der Waals surface area contributed by atoms with Crippen molar-refractivity contribution < 1.29 is 0 Å². The molecule has 25 heavy (non-hydrogen) atoms. The van der Waals surface area contributed by atoms with Crippen LogP contribution in [-0.2, 0) is 18.3 Å². The Morgan fingerprint density at radius 3 is 2.52 bits per heavy atom. The summed E-state index contributed by atoms with van der Waals surface area (Å²) in [5, 5.41) is 0. The molecule has 2 N–H and O–H groups in total. The van der Waals surface area contributed by atoms with Crippen molar-refractivity contribution in [3.63, 3.8) is 0 Å². The first kappa shape index (κ1) is 16.8. The molecule has 1 nitrogen and oxygen atoms in total. The van der Waals surface area contributed by atoms with E-state index in [0.29, 0.717) is 0 Å². The normalized spacial score (nSPS) is 26.2. The quantitative estimate of drug-likeness (QED) is 0.796. The van der Waals surface area contributed by atoms with Gasteiger partial charge in [0.05, 0.1) is 0 Å². The Morgan fingerprint density at radius 2 is 1.76 bits per heavy atom. The van der Waals surface area contributed by atoms with Crippen LogP contribution in [0.25, 0.3) is 0 Å². The van der Waals surface area contributed by atoms with Crippen LogP contribution in [0.4, 0.5) is 0 Å². The van der Waals surface area contributed by atoms with Crippen molar-refractivity contribution in [3.05, 3.63) is 70.3 Å². The molecule has 0 amide bonds. The zero-order chi connectivity index (χ0) is 17.3. The molecule has 0 spiro atoms. The SMILES string of the molecule is Cc1cccc(C2(CN)CCC(c3cccc4c3CCCC4)CC2)c1.